The molecule has 0 bridgehead atoms. The van der Waals surface area contributed by atoms with Crippen LogP contribution in [0.2, 0.25) is 0 Å². The number of hydrogen-bond donors (Lipinski definition) is 0. The highest BCUT2D eigenvalue weighted by molar-refractivity contribution is 5.93. The molecule has 2 aromatic carbocycles. The molecule has 1 heterocycles. The van der Waals surface area contributed by atoms with Crippen molar-refractivity contribution in [2.45, 2.75) is 12.8 Å². The summed E-state index contributed by atoms with van der Waals surface area (Å²) in [5.41, 5.74) is 1.89. The molecule has 3 rings (SSSR count). The molecule has 0 fully saturated rings. The van der Waals surface area contributed by atoms with Gasteiger partial charge in [0, 0.05) is 36.0 Å². The molecule has 0 spiro atoms. The van der Waals surface area contributed by atoms with E-state index in [1.807, 2.05) is 24.3 Å². The van der Waals surface area contributed by atoms with Crippen LogP contribution in [0.1, 0.15) is 12.8 Å². The van der Waals surface area contributed by atoms with Crippen LogP contribution in [0.25, 0.3) is 21.8 Å². The Bertz CT molecular complexity index is 838. The summed E-state index contributed by atoms with van der Waals surface area (Å²) in [7, 11) is 8.30. The van der Waals surface area contributed by atoms with Crippen LogP contribution >= 0.6 is 0 Å². The molecule has 0 N–H and O–H groups in total. The lowest BCUT2D eigenvalue weighted by Crippen LogP contribution is -2.15. The third-order valence-corrected chi connectivity index (χ3v) is 4.59. The van der Waals surface area contributed by atoms with Crippen LogP contribution < -0.4 is 9.47 Å². The third kappa shape index (κ3) is 5.81. The van der Waals surface area contributed by atoms with E-state index in [0.29, 0.717) is 13.2 Å². The van der Waals surface area contributed by atoms with Gasteiger partial charge in [0.2, 0.25) is 0 Å². The van der Waals surface area contributed by atoms with Gasteiger partial charge in [-0.3, -0.25) is 0 Å². The van der Waals surface area contributed by atoms with Crippen molar-refractivity contribution >= 4 is 21.8 Å². The molecule has 0 aliphatic rings. The van der Waals surface area contributed by atoms with Crippen molar-refractivity contribution in [3.8, 4) is 11.5 Å². The monoisotopic (exact) mass is 381 g/mol. The highest BCUT2D eigenvalue weighted by Crippen LogP contribution is 2.26. The second-order valence-electron chi connectivity index (χ2n) is 7.71. The van der Waals surface area contributed by atoms with E-state index in [-0.39, 0.29) is 0 Å². The molecule has 5 heteroatoms. The Hall–Kier alpha value is -2.37. The van der Waals surface area contributed by atoms with E-state index in [4.69, 9.17) is 14.5 Å². The molecule has 0 saturated heterocycles. The lowest BCUT2D eigenvalue weighted by molar-refractivity contribution is 0.282. The van der Waals surface area contributed by atoms with E-state index in [1.54, 1.807) is 0 Å². The Morgan fingerprint density at radius 2 is 1.14 bits per heavy atom. The van der Waals surface area contributed by atoms with Crippen LogP contribution in [0.4, 0.5) is 0 Å². The van der Waals surface area contributed by atoms with Crippen molar-refractivity contribution in [2.75, 3.05) is 54.5 Å². The molecule has 5 nitrogen and oxygen atoms in total. The van der Waals surface area contributed by atoms with E-state index >= 15 is 0 Å². The highest BCUT2D eigenvalue weighted by Gasteiger charge is 2.05. The molecule has 0 aliphatic heterocycles. The van der Waals surface area contributed by atoms with Crippen LogP contribution in [0.15, 0.2) is 42.5 Å². The minimum Gasteiger partial charge on any atom is -0.493 e. The number of rotatable bonds is 10. The van der Waals surface area contributed by atoms with Gasteiger partial charge in [0.15, 0.2) is 0 Å². The Morgan fingerprint density at radius 1 is 0.679 bits per heavy atom. The predicted octanol–water partition coefficient (Wildman–Crippen LogP) is 4.05. The number of hydrogen-bond acceptors (Lipinski definition) is 5. The van der Waals surface area contributed by atoms with Crippen molar-refractivity contribution in [1.29, 1.82) is 0 Å². The van der Waals surface area contributed by atoms with Crippen LogP contribution in [-0.2, 0) is 0 Å². The molecule has 0 aliphatic carbocycles. The van der Waals surface area contributed by atoms with Gasteiger partial charge in [0.25, 0.3) is 0 Å². The van der Waals surface area contributed by atoms with Crippen molar-refractivity contribution in [2.24, 2.45) is 0 Å². The average molecular weight is 382 g/mol. The molecular weight excluding hydrogens is 350 g/mol. The van der Waals surface area contributed by atoms with Gasteiger partial charge in [-0.25, -0.2) is 4.98 Å². The maximum absolute atomic E-state index is 5.89. The summed E-state index contributed by atoms with van der Waals surface area (Å²) in [5, 5.41) is 2.24. The fourth-order valence-electron chi connectivity index (χ4n) is 3.10. The van der Waals surface area contributed by atoms with Gasteiger partial charge >= 0.3 is 0 Å². The highest BCUT2D eigenvalue weighted by atomic mass is 16.5. The van der Waals surface area contributed by atoms with E-state index in [0.717, 1.165) is 59.2 Å². The molecule has 150 valence electrons. The molecule has 0 saturated carbocycles. The number of benzene rings is 2. The summed E-state index contributed by atoms with van der Waals surface area (Å²) in [5.74, 6) is 1.74. The molecule has 0 atom stereocenters. The first-order valence-electron chi connectivity index (χ1n) is 9.91. The number of aromatic nitrogens is 1. The maximum atomic E-state index is 5.89. The van der Waals surface area contributed by atoms with Gasteiger partial charge in [-0.05, 0) is 71.4 Å². The smallest absolute Gasteiger partial charge is 0.121 e. The quantitative estimate of drug-likeness (QED) is 0.391. The van der Waals surface area contributed by atoms with Crippen molar-refractivity contribution in [3.63, 3.8) is 0 Å². The summed E-state index contributed by atoms with van der Waals surface area (Å²) in [4.78, 5) is 9.16. The first kappa shape index (κ1) is 20.4. The van der Waals surface area contributed by atoms with E-state index < -0.39 is 0 Å². The summed E-state index contributed by atoms with van der Waals surface area (Å²) < 4.78 is 11.8. The molecule has 0 radical (unpaired) electrons. The zero-order chi connectivity index (χ0) is 19.9. The van der Waals surface area contributed by atoms with Crippen LogP contribution in [0.3, 0.4) is 0 Å². The molecule has 3 aromatic rings. The number of pyridine rings is 1. The predicted molar refractivity (Wildman–Crippen MR) is 117 cm³/mol. The maximum Gasteiger partial charge on any atom is 0.121 e. The second-order valence-corrected chi connectivity index (χ2v) is 7.71. The SMILES string of the molecule is CN(C)CCCOc1ccc2cc3ccc(OCCCN(C)C)cc3nc2c1. The normalized spacial score (nSPS) is 11.6. The summed E-state index contributed by atoms with van der Waals surface area (Å²) >= 11 is 0. The first-order chi connectivity index (χ1) is 13.5. The molecule has 1 aromatic heterocycles. The lowest BCUT2D eigenvalue weighted by atomic mass is 10.1. The van der Waals surface area contributed by atoms with Crippen molar-refractivity contribution in [3.05, 3.63) is 42.5 Å². The van der Waals surface area contributed by atoms with Crippen LogP contribution in [0, 0.1) is 0 Å². The van der Waals surface area contributed by atoms with Gasteiger partial charge in [0.1, 0.15) is 11.5 Å². The fourth-order valence-corrected chi connectivity index (χ4v) is 3.10. The van der Waals surface area contributed by atoms with E-state index in [2.05, 4.69) is 56.2 Å². The van der Waals surface area contributed by atoms with Gasteiger partial charge < -0.3 is 19.3 Å². The van der Waals surface area contributed by atoms with Gasteiger partial charge in [-0.2, -0.15) is 0 Å². The van der Waals surface area contributed by atoms with Crippen LogP contribution in [0.5, 0.6) is 11.5 Å². The van der Waals surface area contributed by atoms with Gasteiger partial charge in [-0.1, -0.05) is 0 Å². The topological polar surface area (TPSA) is 37.8 Å². The fraction of sp³-hybridized carbons (Fsp3) is 0.435. The van der Waals surface area contributed by atoms with Gasteiger partial charge in [0.05, 0.1) is 24.2 Å². The Balaban J connectivity index is 1.70. The zero-order valence-electron chi connectivity index (χ0n) is 17.4. The van der Waals surface area contributed by atoms with Crippen molar-refractivity contribution < 1.29 is 9.47 Å². The number of fused-ring (bicyclic) bond motifs is 2. The van der Waals surface area contributed by atoms with Crippen molar-refractivity contribution in [1.82, 2.24) is 14.8 Å². The molecular formula is C23H31N3O2. The average Bonchev–Trinajstić information content (AvgIpc) is 2.66. The zero-order valence-corrected chi connectivity index (χ0v) is 17.4. The number of ether oxygens (including phenoxy) is 2. The Morgan fingerprint density at radius 3 is 1.57 bits per heavy atom. The minimum atomic E-state index is 0.711. The molecule has 28 heavy (non-hydrogen) atoms. The van der Waals surface area contributed by atoms with E-state index in [9.17, 15) is 0 Å². The van der Waals surface area contributed by atoms with E-state index in [1.165, 1.54) is 0 Å². The first-order valence-corrected chi connectivity index (χ1v) is 9.91. The van der Waals surface area contributed by atoms with Gasteiger partial charge in [-0.15, -0.1) is 0 Å². The largest absolute Gasteiger partial charge is 0.493 e. The number of nitrogens with zero attached hydrogens (tertiary/aromatic N) is 3. The Kier molecular flexibility index (Phi) is 7.06. The van der Waals surface area contributed by atoms with Crippen LogP contribution in [-0.4, -0.2) is 69.3 Å². The Labute approximate surface area is 167 Å². The second kappa shape index (κ2) is 9.71. The lowest BCUT2D eigenvalue weighted by Gasteiger charge is -2.12. The molecule has 0 amide bonds. The standard InChI is InChI=1S/C23H31N3O2/c1-25(2)11-5-13-27-20-9-7-18-15-19-8-10-21(28-14-6-12-26(3)4)17-23(19)24-22(18)16-20/h7-10,15-17H,5-6,11-14H2,1-4H3. The summed E-state index contributed by atoms with van der Waals surface area (Å²) in [6, 6.07) is 14.4. The summed E-state index contributed by atoms with van der Waals surface area (Å²) in [6.45, 7) is 3.46. The molecule has 0 unspecified atom stereocenters. The third-order valence-electron chi connectivity index (χ3n) is 4.59. The summed E-state index contributed by atoms with van der Waals surface area (Å²) in [6.07, 6.45) is 2.01. The minimum absolute atomic E-state index is 0.711.